The summed E-state index contributed by atoms with van der Waals surface area (Å²) in [6.45, 7) is 2.76. The van der Waals surface area contributed by atoms with Crippen molar-refractivity contribution in [2.24, 2.45) is 4.99 Å². The van der Waals surface area contributed by atoms with E-state index in [1.54, 1.807) is 11.0 Å². The Bertz CT molecular complexity index is 888. The van der Waals surface area contributed by atoms with E-state index in [9.17, 15) is 0 Å². The topological polar surface area (TPSA) is 70.4 Å². The molecule has 0 radical (unpaired) electrons. The molecule has 0 saturated carbocycles. The Morgan fingerprint density at radius 2 is 1.93 bits per heavy atom. The molecule has 1 fully saturated rings. The van der Waals surface area contributed by atoms with Crippen LogP contribution in [0.2, 0.25) is 0 Å². The summed E-state index contributed by atoms with van der Waals surface area (Å²) in [4.78, 5) is 10.8. The Hall–Kier alpha value is -3.35. The molecular weight excluding hydrogens is 350 g/mol. The number of nitrogens with zero attached hydrogens (tertiary/aromatic N) is 5. The number of aliphatic imine (C=N–C) groups is 1. The van der Waals surface area contributed by atoms with Gasteiger partial charge in [0.25, 0.3) is 0 Å². The van der Waals surface area contributed by atoms with E-state index in [1.165, 1.54) is 17.6 Å². The summed E-state index contributed by atoms with van der Waals surface area (Å²) in [6.07, 6.45) is 4.33. The van der Waals surface area contributed by atoms with Gasteiger partial charge in [-0.3, -0.25) is 4.99 Å². The van der Waals surface area contributed by atoms with Gasteiger partial charge in [0.2, 0.25) is 0 Å². The zero-order valence-corrected chi connectivity index (χ0v) is 16.0. The maximum absolute atomic E-state index is 4.38. The molecule has 3 aromatic rings. The zero-order valence-electron chi connectivity index (χ0n) is 16.0. The average molecular weight is 375 g/mol. The van der Waals surface area contributed by atoms with E-state index in [-0.39, 0.29) is 0 Å². The fourth-order valence-corrected chi connectivity index (χ4v) is 3.43. The van der Waals surface area contributed by atoms with Crippen LogP contribution in [0.4, 0.5) is 5.69 Å². The van der Waals surface area contributed by atoms with Crippen molar-refractivity contribution in [3.63, 3.8) is 0 Å². The van der Waals surface area contributed by atoms with Crippen LogP contribution in [-0.2, 0) is 6.54 Å². The highest BCUT2D eigenvalue weighted by Crippen LogP contribution is 2.19. The summed E-state index contributed by atoms with van der Waals surface area (Å²) >= 11 is 0. The Kier molecular flexibility index (Phi) is 5.51. The number of hydrogen-bond acceptors (Lipinski definition) is 4. The minimum Gasteiger partial charge on any atom is -0.369 e. The molecule has 2 heterocycles. The van der Waals surface area contributed by atoms with Crippen LogP contribution in [0.15, 0.2) is 72.2 Å². The van der Waals surface area contributed by atoms with Gasteiger partial charge < -0.3 is 15.5 Å². The fraction of sp³-hybridized carbons (Fsp3) is 0.286. The van der Waals surface area contributed by atoms with Gasteiger partial charge in [-0.1, -0.05) is 30.3 Å². The molecule has 0 spiro atoms. The number of benzene rings is 2. The lowest BCUT2D eigenvalue weighted by atomic mass is 10.2. The zero-order chi connectivity index (χ0) is 19.2. The maximum atomic E-state index is 4.38. The lowest BCUT2D eigenvalue weighted by Gasteiger charge is -2.20. The molecule has 7 nitrogen and oxygen atoms in total. The first-order chi connectivity index (χ1) is 13.8. The Morgan fingerprint density at radius 1 is 1.11 bits per heavy atom. The SMILES string of the molecule is CN=C(NCc1ccc(-n2cncn2)cc1)NC1CCN(c2ccccc2)C1. The van der Waals surface area contributed by atoms with Gasteiger partial charge in [0.05, 0.1) is 5.69 Å². The molecule has 28 heavy (non-hydrogen) atoms. The second kappa shape index (κ2) is 8.56. The first-order valence-corrected chi connectivity index (χ1v) is 9.53. The minimum atomic E-state index is 0.390. The molecule has 4 rings (SSSR count). The molecule has 1 saturated heterocycles. The van der Waals surface area contributed by atoms with Crippen molar-refractivity contribution in [3.8, 4) is 5.69 Å². The monoisotopic (exact) mass is 375 g/mol. The third-order valence-electron chi connectivity index (χ3n) is 4.95. The quantitative estimate of drug-likeness (QED) is 0.529. The second-order valence-corrected chi connectivity index (χ2v) is 6.84. The molecule has 0 aliphatic carbocycles. The fourth-order valence-electron chi connectivity index (χ4n) is 3.43. The predicted molar refractivity (Wildman–Crippen MR) is 112 cm³/mol. The van der Waals surface area contributed by atoms with Gasteiger partial charge in [-0.25, -0.2) is 9.67 Å². The number of hydrogen-bond donors (Lipinski definition) is 2. The van der Waals surface area contributed by atoms with Crippen LogP contribution in [-0.4, -0.2) is 46.9 Å². The van der Waals surface area contributed by atoms with Crippen molar-refractivity contribution in [3.05, 3.63) is 72.8 Å². The average Bonchev–Trinajstić information content (AvgIpc) is 3.44. The van der Waals surface area contributed by atoms with E-state index < -0.39 is 0 Å². The van der Waals surface area contributed by atoms with Crippen LogP contribution in [0.25, 0.3) is 5.69 Å². The number of nitrogens with one attached hydrogen (secondary N) is 2. The van der Waals surface area contributed by atoms with E-state index in [1.807, 2.05) is 19.2 Å². The molecule has 1 unspecified atom stereocenters. The molecule has 1 atom stereocenters. The van der Waals surface area contributed by atoms with E-state index in [0.29, 0.717) is 12.6 Å². The molecule has 1 aromatic heterocycles. The van der Waals surface area contributed by atoms with Crippen LogP contribution in [0.1, 0.15) is 12.0 Å². The summed E-state index contributed by atoms with van der Waals surface area (Å²) in [5.74, 6) is 0.834. The molecule has 1 aliphatic rings. The van der Waals surface area contributed by atoms with E-state index >= 15 is 0 Å². The van der Waals surface area contributed by atoms with Gasteiger partial charge in [0, 0.05) is 38.4 Å². The summed E-state index contributed by atoms with van der Waals surface area (Å²) in [6, 6.07) is 19.2. The van der Waals surface area contributed by atoms with Crippen LogP contribution < -0.4 is 15.5 Å². The van der Waals surface area contributed by atoms with Gasteiger partial charge in [-0.2, -0.15) is 5.10 Å². The third kappa shape index (κ3) is 4.31. The smallest absolute Gasteiger partial charge is 0.191 e. The summed E-state index contributed by atoms with van der Waals surface area (Å²) in [7, 11) is 1.81. The lowest BCUT2D eigenvalue weighted by Crippen LogP contribution is -2.44. The number of para-hydroxylation sites is 1. The Balaban J connectivity index is 1.28. The number of aromatic nitrogens is 3. The molecule has 2 N–H and O–H groups in total. The maximum Gasteiger partial charge on any atom is 0.191 e. The molecule has 0 bridgehead atoms. The first-order valence-electron chi connectivity index (χ1n) is 9.53. The molecule has 1 aliphatic heterocycles. The second-order valence-electron chi connectivity index (χ2n) is 6.84. The normalized spacial score (nSPS) is 17.0. The molecular formula is C21H25N7. The molecule has 2 aromatic carbocycles. The number of rotatable bonds is 5. The molecule has 7 heteroatoms. The Morgan fingerprint density at radius 3 is 2.64 bits per heavy atom. The summed E-state index contributed by atoms with van der Waals surface area (Å²) in [5.41, 5.74) is 3.46. The highest BCUT2D eigenvalue weighted by molar-refractivity contribution is 5.80. The van der Waals surface area contributed by atoms with E-state index in [4.69, 9.17) is 0 Å². The standard InChI is InChI=1S/C21H25N7/c1-22-21(26-18-11-12-27(14-18)19-5-3-2-4-6-19)24-13-17-7-9-20(10-8-17)28-16-23-15-25-28/h2-10,15-16,18H,11-14H2,1H3,(H2,22,24,26). The van der Waals surface area contributed by atoms with Crippen LogP contribution >= 0.6 is 0 Å². The van der Waals surface area contributed by atoms with Crippen molar-refractivity contribution in [1.82, 2.24) is 25.4 Å². The Labute approximate surface area is 165 Å². The van der Waals surface area contributed by atoms with Gasteiger partial charge in [0.15, 0.2) is 5.96 Å². The summed E-state index contributed by atoms with van der Waals surface area (Å²) < 4.78 is 1.75. The molecule has 0 amide bonds. The van der Waals surface area contributed by atoms with Crippen LogP contribution in [0, 0.1) is 0 Å². The van der Waals surface area contributed by atoms with Crippen LogP contribution in [0.5, 0.6) is 0 Å². The highest BCUT2D eigenvalue weighted by atomic mass is 15.3. The number of guanidine groups is 1. The third-order valence-corrected chi connectivity index (χ3v) is 4.95. The van der Waals surface area contributed by atoms with Crippen molar-refractivity contribution in [2.75, 3.05) is 25.0 Å². The van der Waals surface area contributed by atoms with Crippen molar-refractivity contribution in [1.29, 1.82) is 0 Å². The lowest BCUT2D eigenvalue weighted by molar-refractivity contribution is 0.648. The van der Waals surface area contributed by atoms with Crippen LogP contribution in [0.3, 0.4) is 0 Å². The van der Waals surface area contributed by atoms with Gasteiger partial charge in [-0.15, -0.1) is 0 Å². The number of anilines is 1. The largest absolute Gasteiger partial charge is 0.369 e. The van der Waals surface area contributed by atoms with Gasteiger partial charge >= 0.3 is 0 Å². The highest BCUT2D eigenvalue weighted by Gasteiger charge is 2.23. The van der Waals surface area contributed by atoms with Crippen molar-refractivity contribution < 1.29 is 0 Å². The predicted octanol–water partition coefficient (Wildman–Crippen LogP) is 2.21. The minimum absolute atomic E-state index is 0.390. The summed E-state index contributed by atoms with van der Waals surface area (Å²) in [5, 5.41) is 11.1. The van der Waals surface area contributed by atoms with Crippen molar-refractivity contribution >= 4 is 11.6 Å². The van der Waals surface area contributed by atoms with E-state index in [2.05, 4.69) is 73.1 Å². The van der Waals surface area contributed by atoms with Gasteiger partial charge in [0.1, 0.15) is 12.7 Å². The first kappa shape index (κ1) is 18.0. The molecule has 144 valence electrons. The van der Waals surface area contributed by atoms with Gasteiger partial charge in [-0.05, 0) is 36.2 Å². The van der Waals surface area contributed by atoms with Crippen molar-refractivity contribution in [2.45, 2.75) is 19.0 Å². The van der Waals surface area contributed by atoms with E-state index in [0.717, 1.165) is 31.2 Å².